The highest BCUT2D eigenvalue weighted by Gasteiger charge is 2.18. The van der Waals surface area contributed by atoms with Crippen molar-refractivity contribution in [2.45, 2.75) is 6.54 Å². The predicted molar refractivity (Wildman–Crippen MR) is 99.8 cm³/mol. The van der Waals surface area contributed by atoms with Gasteiger partial charge in [0.1, 0.15) is 0 Å². The summed E-state index contributed by atoms with van der Waals surface area (Å²) < 4.78 is 0. The van der Waals surface area contributed by atoms with Gasteiger partial charge in [0, 0.05) is 43.1 Å². The molecule has 0 saturated carbocycles. The standard InChI is InChI=1S/C17H19Cl2N5/c18-13-2-5-16(6-3-13)23-7-9-24(10-8-23)17(20)22-12-15-4-1-14(19)11-21-15/h1-6,11H,7-10,12H2,(H2,20,22). The Morgan fingerprint density at radius 3 is 2.29 bits per heavy atom. The highest BCUT2D eigenvalue weighted by atomic mass is 35.5. The average Bonchev–Trinajstić information content (AvgIpc) is 2.62. The van der Waals surface area contributed by atoms with E-state index in [1.807, 2.05) is 30.3 Å². The van der Waals surface area contributed by atoms with Gasteiger partial charge in [-0.3, -0.25) is 4.98 Å². The fraction of sp³-hybridized carbons (Fsp3) is 0.294. The predicted octanol–water partition coefficient (Wildman–Crippen LogP) is 3.03. The summed E-state index contributed by atoms with van der Waals surface area (Å²) >= 11 is 11.8. The summed E-state index contributed by atoms with van der Waals surface area (Å²) in [6, 6.07) is 11.6. The molecule has 24 heavy (non-hydrogen) atoms. The second-order valence-electron chi connectivity index (χ2n) is 5.59. The van der Waals surface area contributed by atoms with E-state index < -0.39 is 0 Å². The van der Waals surface area contributed by atoms with Crippen LogP contribution in [0.3, 0.4) is 0 Å². The molecule has 1 aliphatic rings. The third kappa shape index (κ3) is 4.30. The summed E-state index contributed by atoms with van der Waals surface area (Å²) in [7, 11) is 0. The van der Waals surface area contributed by atoms with Crippen molar-refractivity contribution in [2.75, 3.05) is 31.1 Å². The maximum Gasteiger partial charge on any atom is 0.191 e. The van der Waals surface area contributed by atoms with Gasteiger partial charge in [-0.15, -0.1) is 0 Å². The number of halogens is 2. The number of aliphatic imine (C=N–C) groups is 1. The van der Waals surface area contributed by atoms with Crippen molar-refractivity contribution in [3.8, 4) is 0 Å². The SMILES string of the molecule is NC(=NCc1ccc(Cl)cn1)N1CCN(c2ccc(Cl)cc2)CC1. The van der Waals surface area contributed by atoms with Crippen molar-refractivity contribution in [3.63, 3.8) is 0 Å². The second kappa shape index (κ2) is 7.73. The monoisotopic (exact) mass is 363 g/mol. The number of pyridine rings is 1. The van der Waals surface area contributed by atoms with Gasteiger partial charge in [-0.2, -0.15) is 0 Å². The van der Waals surface area contributed by atoms with Gasteiger partial charge < -0.3 is 15.5 Å². The molecule has 2 N–H and O–H groups in total. The van der Waals surface area contributed by atoms with Gasteiger partial charge in [-0.1, -0.05) is 23.2 Å². The van der Waals surface area contributed by atoms with Gasteiger partial charge in [0.05, 0.1) is 17.3 Å². The fourth-order valence-corrected chi connectivity index (χ4v) is 2.85. The van der Waals surface area contributed by atoms with Crippen LogP contribution in [0.1, 0.15) is 5.69 Å². The van der Waals surface area contributed by atoms with Gasteiger partial charge in [0.2, 0.25) is 0 Å². The number of benzene rings is 1. The summed E-state index contributed by atoms with van der Waals surface area (Å²) in [5, 5.41) is 1.37. The van der Waals surface area contributed by atoms with E-state index in [9.17, 15) is 0 Å². The first-order valence-electron chi connectivity index (χ1n) is 7.77. The zero-order chi connectivity index (χ0) is 16.9. The van der Waals surface area contributed by atoms with E-state index in [0.717, 1.165) is 36.9 Å². The van der Waals surface area contributed by atoms with Gasteiger partial charge in [-0.25, -0.2) is 4.99 Å². The quantitative estimate of drug-likeness (QED) is 0.672. The van der Waals surface area contributed by atoms with E-state index in [-0.39, 0.29) is 0 Å². The summed E-state index contributed by atoms with van der Waals surface area (Å²) in [5.41, 5.74) is 8.15. The van der Waals surface area contributed by atoms with Crippen LogP contribution in [-0.2, 0) is 6.54 Å². The summed E-state index contributed by atoms with van der Waals surface area (Å²) in [6.45, 7) is 3.94. The first-order chi connectivity index (χ1) is 11.6. The third-order valence-electron chi connectivity index (χ3n) is 3.99. The lowest BCUT2D eigenvalue weighted by atomic mass is 10.2. The number of hydrogen-bond donors (Lipinski definition) is 1. The minimum atomic E-state index is 0.459. The molecule has 126 valence electrons. The molecule has 2 aromatic rings. The molecule has 0 radical (unpaired) electrons. The molecule has 1 saturated heterocycles. The average molecular weight is 364 g/mol. The van der Waals surface area contributed by atoms with E-state index in [1.165, 1.54) is 5.69 Å². The molecule has 0 unspecified atom stereocenters. The Hall–Kier alpha value is -1.98. The maximum atomic E-state index is 6.12. The van der Waals surface area contributed by atoms with Crippen LogP contribution in [0.25, 0.3) is 0 Å². The fourth-order valence-electron chi connectivity index (χ4n) is 2.61. The Morgan fingerprint density at radius 1 is 1.00 bits per heavy atom. The normalized spacial score (nSPS) is 15.7. The highest BCUT2D eigenvalue weighted by Crippen LogP contribution is 2.19. The van der Waals surface area contributed by atoms with E-state index in [1.54, 1.807) is 12.3 Å². The lowest BCUT2D eigenvalue weighted by molar-refractivity contribution is 0.380. The van der Waals surface area contributed by atoms with Crippen molar-refractivity contribution in [1.82, 2.24) is 9.88 Å². The van der Waals surface area contributed by atoms with Gasteiger partial charge in [0.15, 0.2) is 5.96 Å². The Morgan fingerprint density at radius 2 is 1.67 bits per heavy atom. The number of piperazine rings is 1. The Balaban J connectivity index is 1.54. The number of nitrogens with two attached hydrogens (primary N) is 1. The van der Waals surface area contributed by atoms with Gasteiger partial charge >= 0.3 is 0 Å². The van der Waals surface area contributed by atoms with Gasteiger partial charge in [-0.05, 0) is 36.4 Å². The van der Waals surface area contributed by atoms with E-state index in [4.69, 9.17) is 28.9 Å². The third-order valence-corrected chi connectivity index (χ3v) is 4.46. The van der Waals surface area contributed by atoms with E-state index in [0.29, 0.717) is 17.5 Å². The molecule has 3 rings (SSSR count). The molecule has 5 nitrogen and oxygen atoms in total. The molecule has 7 heteroatoms. The molecule has 0 bridgehead atoms. The van der Waals surface area contributed by atoms with Crippen LogP contribution in [0.15, 0.2) is 47.6 Å². The zero-order valence-corrected chi connectivity index (χ0v) is 14.7. The Labute approximate surface area is 151 Å². The number of guanidine groups is 1. The topological polar surface area (TPSA) is 57.8 Å². The molecule has 1 aromatic heterocycles. The Bertz CT molecular complexity index is 692. The molecule has 0 atom stereocenters. The zero-order valence-electron chi connectivity index (χ0n) is 13.2. The first kappa shape index (κ1) is 16.9. The number of hydrogen-bond acceptors (Lipinski definition) is 3. The molecule has 1 aromatic carbocycles. The van der Waals surface area contributed by atoms with Crippen molar-refractivity contribution < 1.29 is 0 Å². The minimum Gasteiger partial charge on any atom is -0.370 e. The molecule has 0 aliphatic carbocycles. The highest BCUT2D eigenvalue weighted by molar-refractivity contribution is 6.30. The number of anilines is 1. The van der Waals surface area contributed by atoms with E-state index in [2.05, 4.69) is 19.8 Å². The minimum absolute atomic E-state index is 0.459. The van der Waals surface area contributed by atoms with Crippen molar-refractivity contribution >= 4 is 34.8 Å². The molecule has 0 spiro atoms. The number of rotatable bonds is 3. The second-order valence-corrected chi connectivity index (χ2v) is 6.47. The molecule has 2 heterocycles. The van der Waals surface area contributed by atoms with Crippen LogP contribution >= 0.6 is 23.2 Å². The van der Waals surface area contributed by atoms with Gasteiger partial charge in [0.25, 0.3) is 0 Å². The summed E-state index contributed by atoms with van der Waals surface area (Å²) in [6.07, 6.45) is 1.62. The van der Waals surface area contributed by atoms with Crippen LogP contribution in [-0.4, -0.2) is 42.0 Å². The largest absolute Gasteiger partial charge is 0.370 e. The lowest BCUT2D eigenvalue weighted by Crippen LogP contribution is -2.51. The Kier molecular flexibility index (Phi) is 5.43. The van der Waals surface area contributed by atoms with E-state index >= 15 is 0 Å². The summed E-state index contributed by atoms with van der Waals surface area (Å²) in [4.78, 5) is 13.1. The van der Waals surface area contributed by atoms with Crippen molar-refractivity contribution in [1.29, 1.82) is 0 Å². The first-order valence-corrected chi connectivity index (χ1v) is 8.53. The summed E-state index contributed by atoms with van der Waals surface area (Å²) in [5.74, 6) is 0.558. The molecule has 1 aliphatic heterocycles. The number of nitrogens with zero attached hydrogens (tertiary/aromatic N) is 4. The van der Waals surface area contributed by atoms with Crippen LogP contribution in [0.4, 0.5) is 5.69 Å². The lowest BCUT2D eigenvalue weighted by Gasteiger charge is -2.36. The van der Waals surface area contributed by atoms with Crippen LogP contribution < -0.4 is 10.6 Å². The molecular formula is C17H19Cl2N5. The van der Waals surface area contributed by atoms with Crippen molar-refractivity contribution in [3.05, 3.63) is 58.3 Å². The molecule has 1 fully saturated rings. The van der Waals surface area contributed by atoms with Crippen LogP contribution in [0.2, 0.25) is 10.0 Å². The smallest absolute Gasteiger partial charge is 0.191 e. The van der Waals surface area contributed by atoms with Crippen LogP contribution in [0, 0.1) is 0 Å². The maximum absolute atomic E-state index is 6.12. The molecular weight excluding hydrogens is 345 g/mol. The molecule has 0 amide bonds. The van der Waals surface area contributed by atoms with Crippen molar-refractivity contribution in [2.24, 2.45) is 10.7 Å². The number of aromatic nitrogens is 1. The van der Waals surface area contributed by atoms with Crippen LogP contribution in [0.5, 0.6) is 0 Å².